The van der Waals surface area contributed by atoms with Gasteiger partial charge in [0.15, 0.2) is 0 Å². The van der Waals surface area contributed by atoms with Crippen LogP contribution in [-0.4, -0.2) is 4.99 Å². The molecule has 0 saturated carbocycles. The minimum Gasteiger partial charge on any atom is -0.389 e. The molecule has 0 radical (unpaired) electrons. The van der Waals surface area contributed by atoms with Crippen LogP contribution in [0, 0.1) is 0 Å². The molecular weight excluding hydrogens is 344 g/mol. The molecule has 0 aliphatic rings. The molecule has 104 valence electrons. The first-order valence-corrected chi connectivity index (χ1v) is 7.69. The summed E-state index contributed by atoms with van der Waals surface area (Å²) in [7, 11) is 0. The van der Waals surface area contributed by atoms with Crippen LogP contribution in [0.4, 0.5) is 11.4 Å². The molecular formula is C17H13BrN2S. The van der Waals surface area contributed by atoms with Crippen molar-refractivity contribution in [3.05, 3.63) is 70.7 Å². The van der Waals surface area contributed by atoms with Gasteiger partial charge in [0.25, 0.3) is 0 Å². The summed E-state index contributed by atoms with van der Waals surface area (Å²) >= 11 is 8.58. The number of thiocarbonyl (C=S) groups is 1. The third-order valence-electron chi connectivity index (χ3n) is 3.28. The molecule has 0 unspecified atom stereocenters. The second kappa shape index (κ2) is 5.84. The Morgan fingerprint density at radius 1 is 0.952 bits per heavy atom. The Labute approximate surface area is 137 Å². The van der Waals surface area contributed by atoms with E-state index in [2.05, 4.69) is 45.5 Å². The van der Waals surface area contributed by atoms with Crippen molar-refractivity contribution in [2.24, 2.45) is 5.73 Å². The zero-order valence-corrected chi connectivity index (χ0v) is 13.5. The normalized spacial score (nSPS) is 10.5. The van der Waals surface area contributed by atoms with E-state index in [1.807, 2.05) is 36.4 Å². The molecule has 4 heteroatoms. The second-order valence-corrected chi connectivity index (χ2v) is 6.10. The maximum Gasteiger partial charge on any atom is 0.106 e. The quantitative estimate of drug-likeness (QED) is 0.650. The number of hydrogen-bond donors (Lipinski definition) is 2. The van der Waals surface area contributed by atoms with E-state index in [0.29, 0.717) is 4.99 Å². The Bertz CT molecular complexity index is 830. The first-order valence-electron chi connectivity index (χ1n) is 6.49. The molecule has 2 nitrogen and oxygen atoms in total. The number of anilines is 2. The monoisotopic (exact) mass is 356 g/mol. The zero-order chi connectivity index (χ0) is 14.8. The van der Waals surface area contributed by atoms with Crippen LogP contribution in [0.25, 0.3) is 10.8 Å². The number of nitrogens with one attached hydrogen (secondary N) is 1. The van der Waals surface area contributed by atoms with Crippen LogP contribution in [0.5, 0.6) is 0 Å². The molecule has 0 bridgehead atoms. The third-order valence-corrected chi connectivity index (χ3v) is 3.99. The van der Waals surface area contributed by atoms with Gasteiger partial charge in [-0.1, -0.05) is 58.5 Å². The van der Waals surface area contributed by atoms with Crippen molar-refractivity contribution in [1.82, 2.24) is 0 Å². The van der Waals surface area contributed by atoms with E-state index < -0.39 is 0 Å². The van der Waals surface area contributed by atoms with Crippen molar-refractivity contribution in [2.75, 3.05) is 5.32 Å². The molecule has 0 saturated heterocycles. The van der Waals surface area contributed by atoms with Gasteiger partial charge in [0.1, 0.15) is 4.99 Å². The van der Waals surface area contributed by atoms with E-state index in [1.54, 1.807) is 0 Å². The smallest absolute Gasteiger partial charge is 0.106 e. The predicted octanol–water partition coefficient (Wildman–Crippen LogP) is 4.98. The van der Waals surface area contributed by atoms with Crippen LogP contribution in [0.1, 0.15) is 5.56 Å². The number of rotatable bonds is 3. The Morgan fingerprint density at radius 3 is 2.48 bits per heavy atom. The van der Waals surface area contributed by atoms with Gasteiger partial charge < -0.3 is 11.1 Å². The fourth-order valence-electron chi connectivity index (χ4n) is 2.26. The molecule has 3 rings (SSSR count). The Morgan fingerprint density at radius 2 is 1.71 bits per heavy atom. The first kappa shape index (κ1) is 14.0. The zero-order valence-electron chi connectivity index (χ0n) is 11.1. The van der Waals surface area contributed by atoms with Crippen molar-refractivity contribution in [2.45, 2.75) is 0 Å². The minimum atomic E-state index is 0.380. The molecule has 3 aromatic carbocycles. The standard InChI is InChI=1S/C17H13BrN2S/c18-13-6-8-15(17(19)21)16(10-13)20-14-7-5-11-3-1-2-4-12(11)9-14/h1-10,20H,(H2,19,21). The molecule has 0 aliphatic carbocycles. The van der Waals surface area contributed by atoms with Crippen molar-refractivity contribution < 1.29 is 0 Å². The number of fused-ring (bicyclic) bond motifs is 1. The molecule has 21 heavy (non-hydrogen) atoms. The van der Waals surface area contributed by atoms with Crippen molar-refractivity contribution in [3.8, 4) is 0 Å². The van der Waals surface area contributed by atoms with Crippen LogP contribution in [-0.2, 0) is 0 Å². The number of halogens is 1. The molecule has 0 aromatic heterocycles. The first-order chi connectivity index (χ1) is 10.1. The van der Waals surface area contributed by atoms with E-state index in [1.165, 1.54) is 10.8 Å². The van der Waals surface area contributed by atoms with E-state index in [9.17, 15) is 0 Å². The van der Waals surface area contributed by atoms with E-state index in [-0.39, 0.29) is 0 Å². The summed E-state index contributed by atoms with van der Waals surface area (Å²) in [6.45, 7) is 0. The topological polar surface area (TPSA) is 38.0 Å². The Kier molecular flexibility index (Phi) is 3.90. The van der Waals surface area contributed by atoms with Gasteiger partial charge in [-0.3, -0.25) is 0 Å². The highest BCUT2D eigenvalue weighted by atomic mass is 79.9. The minimum absolute atomic E-state index is 0.380. The van der Waals surface area contributed by atoms with Crippen LogP contribution in [0.3, 0.4) is 0 Å². The van der Waals surface area contributed by atoms with Crippen LogP contribution < -0.4 is 11.1 Å². The van der Waals surface area contributed by atoms with Gasteiger partial charge in [0.05, 0.1) is 0 Å². The molecule has 3 aromatic rings. The summed E-state index contributed by atoms with van der Waals surface area (Å²) in [6, 6.07) is 20.3. The van der Waals surface area contributed by atoms with Gasteiger partial charge in [-0.25, -0.2) is 0 Å². The van der Waals surface area contributed by atoms with Crippen molar-refractivity contribution in [3.63, 3.8) is 0 Å². The molecule has 0 spiro atoms. The van der Waals surface area contributed by atoms with Gasteiger partial charge in [0.2, 0.25) is 0 Å². The Balaban J connectivity index is 2.02. The Hall–Kier alpha value is -1.91. The van der Waals surface area contributed by atoms with Crippen molar-refractivity contribution in [1.29, 1.82) is 0 Å². The lowest BCUT2D eigenvalue weighted by Crippen LogP contribution is -2.11. The maximum atomic E-state index is 5.78. The maximum absolute atomic E-state index is 5.78. The van der Waals surface area contributed by atoms with E-state index >= 15 is 0 Å². The average Bonchev–Trinajstić information content (AvgIpc) is 2.47. The molecule has 0 amide bonds. The SMILES string of the molecule is NC(=S)c1ccc(Br)cc1Nc1ccc2ccccc2c1. The van der Waals surface area contributed by atoms with Gasteiger partial charge in [-0.05, 0) is 41.1 Å². The van der Waals surface area contributed by atoms with Gasteiger partial charge in [-0.2, -0.15) is 0 Å². The van der Waals surface area contributed by atoms with Crippen LogP contribution in [0.15, 0.2) is 65.1 Å². The van der Waals surface area contributed by atoms with Gasteiger partial charge in [0, 0.05) is 21.4 Å². The highest BCUT2D eigenvalue weighted by Crippen LogP contribution is 2.27. The highest BCUT2D eigenvalue weighted by Gasteiger charge is 2.06. The second-order valence-electron chi connectivity index (χ2n) is 4.74. The summed E-state index contributed by atoms with van der Waals surface area (Å²) < 4.78 is 0.978. The predicted molar refractivity (Wildman–Crippen MR) is 97.3 cm³/mol. The lowest BCUT2D eigenvalue weighted by molar-refractivity contribution is 1.51. The largest absolute Gasteiger partial charge is 0.389 e. The highest BCUT2D eigenvalue weighted by molar-refractivity contribution is 9.10. The number of nitrogens with two attached hydrogens (primary N) is 1. The fourth-order valence-corrected chi connectivity index (χ4v) is 2.80. The summed E-state index contributed by atoms with van der Waals surface area (Å²) in [6.07, 6.45) is 0. The van der Waals surface area contributed by atoms with E-state index in [0.717, 1.165) is 21.4 Å². The average molecular weight is 357 g/mol. The van der Waals surface area contributed by atoms with Crippen molar-refractivity contribution >= 4 is 55.3 Å². The summed E-state index contributed by atoms with van der Waals surface area (Å²) in [5.74, 6) is 0. The number of hydrogen-bond acceptors (Lipinski definition) is 2. The molecule has 0 aliphatic heterocycles. The van der Waals surface area contributed by atoms with Crippen LogP contribution >= 0.6 is 28.1 Å². The van der Waals surface area contributed by atoms with Crippen LogP contribution in [0.2, 0.25) is 0 Å². The molecule has 0 atom stereocenters. The summed E-state index contributed by atoms with van der Waals surface area (Å²) in [5, 5.41) is 5.79. The summed E-state index contributed by atoms with van der Waals surface area (Å²) in [5.41, 5.74) is 8.52. The molecule has 0 heterocycles. The van der Waals surface area contributed by atoms with Gasteiger partial charge >= 0.3 is 0 Å². The van der Waals surface area contributed by atoms with Gasteiger partial charge in [-0.15, -0.1) is 0 Å². The fraction of sp³-hybridized carbons (Fsp3) is 0. The number of benzene rings is 3. The van der Waals surface area contributed by atoms with E-state index in [4.69, 9.17) is 18.0 Å². The molecule has 3 N–H and O–H groups in total. The third kappa shape index (κ3) is 3.06. The lowest BCUT2D eigenvalue weighted by atomic mass is 10.1. The summed E-state index contributed by atoms with van der Waals surface area (Å²) in [4.78, 5) is 0.380. The lowest BCUT2D eigenvalue weighted by Gasteiger charge is -2.12. The molecule has 0 fully saturated rings.